The van der Waals surface area contributed by atoms with Crippen molar-refractivity contribution in [2.45, 2.75) is 12.0 Å². The summed E-state index contributed by atoms with van der Waals surface area (Å²) in [5.74, 6) is -0.695. The molecule has 0 aliphatic carbocycles. The molecule has 5 aromatic rings. The maximum atomic E-state index is 14.8. The molecule has 2 aliphatic rings. The summed E-state index contributed by atoms with van der Waals surface area (Å²) in [6.45, 7) is 0.173. The topological polar surface area (TPSA) is 139 Å². The molecule has 43 heavy (non-hydrogen) atoms. The number of anilines is 1. The van der Waals surface area contributed by atoms with E-state index in [0.717, 1.165) is 5.56 Å². The number of ether oxygens (including phenoxy) is 2. The summed E-state index contributed by atoms with van der Waals surface area (Å²) in [5.41, 5.74) is 5.98. The summed E-state index contributed by atoms with van der Waals surface area (Å²) >= 11 is 0. The van der Waals surface area contributed by atoms with Crippen LogP contribution in [0.4, 0.5) is 5.69 Å². The van der Waals surface area contributed by atoms with Crippen LogP contribution in [0.2, 0.25) is 0 Å². The predicted molar refractivity (Wildman–Crippen MR) is 158 cm³/mol. The van der Waals surface area contributed by atoms with Gasteiger partial charge in [0.05, 0.1) is 19.2 Å². The number of carbonyl (C=O) groups excluding carboxylic acids is 1. The lowest BCUT2D eigenvalue weighted by Gasteiger charge is -2.35. The fraction of sp³-hybridized carbons (Fsp3) is 0.0882. The first-order valence-corrected chi connectivity index (χ1v) is 13.4. The molecular weight excluding hydrogens is 546 g/mol. The van der Waals surface area contributed by atoms with Crippen molar-refractivity contribution >= 4 is 22.6 Å². The van der Waals surface area contributed by atoms with E-state index in [-0.39, 0.29) is 46.0 Å². The number of methoxy groups -OCH3 is 1. The summed E-state index contributed by atoms with van der Waals surface area (Å²) in [6, 6.07) is 28.3. The van der Waals surface area contributed by atoms with E-state index >= 15 is 0 Å². The van der Waals surface area contributed by atoms with Crippen molar-refractivity contribution in [3.05, 3.63) is 129 Å². The van der Waals surface area contributed by atoms with Crippen LogP contribution in [0.25, 0.3) is 22.3 Å². The molecule has 210 valence electrons. The SMILES string of the molecule is COc1ccc2c(c1)C1(C(=O)N2Cc2ccccc2)C(C#N)=C(N)Oc2cc3oc(-c4ccccc4)cc(=O)c3c(O)c21. The average molecular weight is 570 g/mol. The molecule has 9 nitrogen and oxygen atoms in total. The highest BCUT2D eigenvalue weighted by atomic mass is 16.5. The predicted octanol–water partition coefficient (Wildman–Crippen LogP) is 5.09. The maximum absolute atomic E-state index is 14.8. The number of hydrogen-bond donors (Lipinski definition) is 2. The van der Waals surface area contributed by atoms with Gasteiger partial charge in [0.25, 0.3) is 0 Å². The number of nitrogens with zero attached hydrogens (tertiary/aromatic N) is 2. The molecule has 0 fully saturated rings. The largest absolute Gasteiger partial charge is 0.507 e. The molecule has 0 radical (unpaired) electrons. The molecule has 4 aromatic carbocycles. The van der Waals surface area contributed by atoms with Gasteiger partial charge in [-0.2, -0.15) is 5.26 Å². The van der Waals surface area contributed by atoms with Crippen LogP contribution in [-0.2, 0) is 16.8 Å². The standard InChI is InChI=1S/C34H23N3O6/c1-41-21-12-13-24-22(14-21)34(33(40)37(24)18-19-8-4-2-5-9-19)23(17-35)32(36)43-28-16-27-29(31(39)30(28)34)25(38)15-26(42-27)20-10-6-3-7-11-20/h2-16,39H,18,36H2,1H3. The van der Waals surface area contributed by atoms with Crippen molar-refractivity contribution in [3.8, 4) is 34.6 Å². The first-order valence-electron chi connectivity index (χ1n) is 13.4. The van der Waals surface area contributed by atoms with Crippen LogP contribution < -0.4 is 25.5 Å². The second-order valence-corrected chi connectivity index (χ2v) is 10.3. The number of rotatable bonds is 4. The summed E-state index contributed by atoms with van der Waals surface area (Å²) in [5, 5.41) is 22.2. The Morgan fingerprint density at radius 3 is 2.42 bits per heavy atom. The molecule has 7 rings (SSSR count). The third-order valence-electron chi connectivity index (χ3n) is 7.99. The number of fused-ring (bicyclic) bond motifs is 5. The Morgan fingerprint density at radius 2 is 1.72 bits per heavy atom. The zero-order valence-corrected chi connectivity index (χ0v) is 22.8. The average Bonchev–Trinajstić information content (AvgIpc) is 3.24. The Morgan fingerprint density at radius 1 is 1.00 bits per heavy atom. The Hall–Kier alpha value is -6.01. The number of nitrogens with two attached hydrogens (primary N) is 1. The molecule has 3 N–H and O–H groups in total. The van der Waals surface area contributed by atoms with Crippen LogP contribution in [0.1, 0.15) is 16.7 Å². The van der Waals surface area contributed by atoms with Crippen LogP contribution in [0, 0.1) is 11.3 Å². The number of phenolic OH excluding ortho intramolecular Hbond substituents is 1. The fourth-order valence-corrected chi connectivity index (χ4v) is 6.10. The number of aromatic hydroxyl groups is 1. The quantitative estimate of drug-likeness (QED) is 0.305. The summed E-state index contributed by atoms with van der Waals surface area (Å²) in [7, 11) is 1.49. The van der Waals surface area contributed by atoms with Crippen LogP contribution in [0.3, 0.4) is 0 Å². The minimum Gasteiger partial charge on any atom is -0.507 e. The monoisotopic (exact) mass is 569 g/mol. The first kappa shape index (κ1) is 25.9. The van der Waals surface area contributed by atoms with E-state index in [1.807, 2.05) is 48.5 Å². The number of phenols is 1. The number of amides is 1. The third-order valence-corrected chi connectivity index (χ3v) is 7.99. The fourth-order valence-electron chi connectivity index (χ4n) is 6.10. The van der Waals surface area contributed by atoms with E-state index in [1.165, 1.54) is 24.1 Å². The number of carbonyl (C=O) groups is 1. The Bertz CT molecular complexity index is 2100. The first-order chi connectivity index (χ1) is 20.9. The van der Waals surface area contributed by atoms with Gasteiger partial charge in [-0.3, -0.25) is 9.59 Å². The number of nitriles is 1. The lowest BCUT2D eigenvalue weighted by atomic mass is 9.68. The molecule has 3 heterocycles. The van der Waals surface area contributed by atoms with Crippen molar-refractivity contribution < 1.29 is 23.8 Å². The van der Waals surface area contributed by atoms with Crippen molar-refractivity contribution in [3.63, 3.8) is 0 Å². The molecule has 1 unspecified atom stereocenters. The molecule has 1 aromatic heterocycles. The Balaban J connectivity index is 1.55. The van der Waals surface area contributed by atoms with Crippen LogP contribution >= 0.6 is 0 Å². The van der Waals surface area contributed by atoms with Gasteiger partial charge in [0, 0.05) is 28.9 Å². The maximum Gasteiger partial charge on any atom is 0.248 e. The second kappa shape index (κ2) is 9.53. The highest BCUT2D eigenvalue weighted by molar-refractivity contribution is 6.15. The minimum atomic E-state index is -1.94. The van der Waals surface area contributed by atoms with Crippen molar-refractivity contribution in [1.82, 2.24) is 0 Å². The van der Waals surface area contributed by atoms with E-state index in [1.54, 1.807) is 30.3 Å². The molecule has 2 aliphatic heterocycles. The van der Waals surface area contributed by atoms with Gasteiger partial charge in [0.15, 0.2) is 5.43 Å². The zero-order valence-electron chi connectivity index (χ0n) is 22.8. The van der Waals surface area contributed by atoms with Crippen LogP contribution in [0.5, 0.6) is 17.2 Å². The molecule has 9 heteroatoms. The van der Waals surface area contributed by atoms with E-state index in [4.69, 9.17) is 19.6 Å². The Labute approximate surface area is 245 Å². The lowest BCUT2D eigenvalue weighted by molar-refractivity contribution is -0.121. The molecule has 1 spiro atoms. The smallest absolute Gasteiger partial charge is 0.248 e. The molecule has 0 saturated carbocycles. The van der Waals surface area contributed by atoms with Crippen LogP contribution in [-0.4, -0.2) is 18.1 Å². The van der Waals surface area contributed by atoms with E-state index < -0.39 is 22.5 Å². The zero-order chi connectivity index (χ0) is 29.9. The van der Waals surface area contributed by atoms with Gasteiger partial charge in [0.2, 0.25) is 11.8 Å². The van der Waals surface area contributed by atoms with Gasteiger partial charge < -0.3 is 29.6 Å². The van der Waals surface area contributed by atoms with Crippen molar-refractivity contribution in [2.24, 2.45) is 5.73 Å². The van der Waals surface area contributed by atoms with Crippen molar-refractivity contribution in [2.75, 3.05) is 12.0 Å². The van der Waals surface area contributed by atoms with Gasteiger partial charge in [-0.25, -0.2) is 0 Å². The van der Waals surface area contributed by atoms with Gasteiger partial charge in [-0.15, -0.1) is 0 Å². The van der Waals surface area contributed by atoms with E-state index in [0.29, 0.717) is 22.6 Å². The third kappa shape index (κ3) is 3.63. The van der Waals surface area contributed by atoms with Gasteiger partial charge in [-0.05, 0) is 23.8 Å². The highest BCUT2D eigenvalue weighted by Gasteiger charge is 2.61. The molecule has 1 amide bonds. The second-order valence-electron chi connectivity index (χ2n) is 10.3. The number of benzene rings is 4. The van der Waals surface area contributed by atoms with Gasteiger partial charge >= 0.3 is 0 Å². The highest BCUT2D eigenvalue weighted by Crippen LogP contribution is 2.59. The molecule has 0 saturated heterocycles. The minimum absolute atomic E-state index is 0.0152. The molecule has 1 atom stereocenters. The van der Waals surface area contributed by atoms with E-state index in [2.05, 4.69) is 6.07 Å². The molecule has 0 bridgehead atoms. The van der Waals surface area contributed by atoms with Gasteiger partial charge in [0.1, 0.15) is 51.0 Å². The number of hydrogen-bond acceptors (Lipinski definition) is 8. The van der Waals surface area contributed by atoms with Gasteiger partial charge in [-0.1, -0.05) is 60.7 Å². The summed E-state index contributed by atoms with van der Waals surface area (Å²) in [6.07, 6.45) is 0. The normalized spacial score (nSPS) is 17.0. The Kier molecular flexibility index (Phi) is 5.75. The van der Waals surface area contributed by atoms with Crippen molar-refractivity contribution in [1.29, 1.82) is 5.26 Å². The summed E-state index contributed by atoms with van der Waals surface area (Å²) < 4.78 is 17.5. The van der Waals surface area contributed by atoms with Crippen LogP contribution in [0.15, 0.2) is 112 Å². The lowest BCUT2D eigenvalue weighted by Crippen LogP contribution is -2.45. The van der Waals surface area contributed by atoms with E-state index in [9.17, 15) is 20.0 Å². The summed E-state index contributed by atoms with van der Waals surface area (Å²) in [4.78, 5) is 29.9. The molecular formula is C34H23N3O6.